The molecule has 0 bridgehead atoms. The fourth-order valence-electron chi connectivity index (χ4n) is 4.14. The number of rotatable bonds is 7. The second-order valence-electron chi connectivity index (χ2n) is 8.59. The summed E-state index contributed by atoms with van der Waals surface area (Å²) in [5.74, 6) is 0.0936. The van der Waals surface area contributed by atoms with E-state index in [-0.39, 0.29) is 12.4 Å². The van der Waals surface area contributed by atoms with Crippen LogP contribution in [0.5, 0.6) is 0 Å². The monoisotopic (exact) mass is 594 g/mol. The van der Waals surface area contributed by atoms with Gasteiger partial charge in [-0.15, -0.1) is 5.10 Å². The van der Waals surface area contributed by atoms with Crippen LogP contribution in [0.25, 0.3) is 33.5 Å². The number of anilines is 1. The van der Waals surface area contributed by atoms with Gasteiger partial charge in [-0.05, 0) is 53.0 Å². The van der Waals surface area contributed by atoms with E-state index in [4.69, 9.17) is 27.7 Å². The third-order valence-electron chi connectivity index (χ3n) is 5.97. The maximum absolute atomic E-state index is 15.4. The van der Waals surface area contributed by atoms with Crippen molar-refractivity contribution in [2.75, 3.05) is 10.7 Å². The summed E-state index contributed by atoms with van der Waals surface area (Å²) in [7, 11) is 0. The lowest BCUT2D eigenvalue weighted by atomic mass is 9.97. The number of imidazole rings is 1. The number of hydrogen-bond donors (Lipinski definition) is 2. The molecule has 6 rings (SSSR count). The summed E-state index contributed by atoms with van der Waals surface area (Å²) < 4.78 is 25.8. The van der Waals surface area contributed by atoms with E-state index >= 15 is 4.39 Å². The number of halogens is 3. The fraction of sp³-hybridized carbons (Fsp3) is 0.0769. The average Bonchev–Trinajstić information content (AvgIpc) is 3.69. The van der Waals surface area contributed by atoms with Crippen molar-refractivity contribution in [1.29, 1.82) is 0 Å². The predicted molar refractivity (Wildman–Crippen MR) is 151 cm³/mol. The maximum atomic E-state index is 15.4. The maximum Gasteiger partial charge on any atom is 0.283 e. The first-order valence-electron chi connectivity index (χ1n) is 11.8. The zero-order valence-corrected chi connectivity index (χ0v) is 22.9. The Morgan fingerprint density at radius 2 is 1.98 bits per heavy atom. The number of aromatic nitrogens is 6. The minimum Gasteiger partial charge on any atom is -0.350 e. The molecule has 0 saturated carbocycles. The third kappa shape index (κ3) is 4.99. The molecule has 0 aliphatic heterocycles. The molecule has 6 aromatic rings. The minimum absolute atomic E-state index is 0.0839. The van der Waals surface area contributed by atoms with E-state index in [2.05, 4.69) is 35.5 Å². The van der Waals surface area contributed by atoms with Gasteiger partial charge in [-0.1, -0.05) is 57.1 Å². The molecule has 3 aromatic carbocycles. The van der Waals surface area contributed by atoms with Crippen LogP contribution in [0, 0.1) is 12.7 Å². The number of fused-ring (bicyclic) bond motifs is 1. The molecule has 0 radical (unpaired) electrons. The molecule has 0 spiro atoms. The van der Waals surface area contributed by atoms with Crippen LogP contribution in [0.1, 0.15) is 21.1 Å². The number of nitrogens with one attached hydrogen (secondary N) is 2. The highest BCUT2D eigenvalue weighted by Crippen LogP contribution is 2.39. The molecular formula is C26H17Cl2FN8O2S. The Kier molecular flexibility index (Phi) is 6.88. The van der Waals surface area contributed by atoms with Gasteiger partial charge in [0.15, 0.2) is 0 Å². The topological polar surface area (TPSA) is 124 Å². The number of carbonyl (C=O) groups excluding carboxylic acids is 1. The van der Waals surface area contributed by atoms with Crippen LogP contribution in [-0.4, -0.2) is 35.3 Å². The lowest BCUT2D eigenvalue weighted by Crippen LogP contribution is -2.24. The molecular weight excluding hydrogens is 578 g/mol. The molecule has 3 aromatic heterocycles. The highest BCUT2D eigenvalue weighted by molar-refractivity contribution is 7.07. The van der Waals surface area contributed by atoms with Crippen LogP contribution in [-0.2, 0) is 6.54 Å². The number of benzene rings is 3. The Morgan fingerprint density at radius 1 is 1.12 bits per heavy atom. The van der Waals surface area contributed by atoms with Crippen LogP contribution >= 0.6 is 34.7 Å². The summed E-state index contributed by atoms with van der Waals surface area (Å²) in [5, 5.41) is 11.5. The fourth-order valence-corrected chi connectivity index (χ4v) is 5.13. The largest absolute Gasteiger partial charge is 0.350 e. The van der Waals surface area contributed by atoms with Crippen LogP contribution in [0.2, 0.25) is 10.0 Å². The Balaban J connectivity index is 1.29. The molecule has 10 nitrogen and oxygen atoms in total. The molecule has 0 unspecified atom stereocenters. The van der Waals surface area contributed by atoms with Crippen molar-refractivity contribution >= 4 is 57.6 Å². The zero-order valence-electron chi connectivity index (χ0n) is 20.5. The van der Waals surface area contributed by atoms with Gasteiger partial charge >= 0.3 is 0 Å². The first kappa shape index (κ1) is 25.9. The van der Waals surface area contributed by atoms with Gasteiger partial charge in [0.05, 0.1) is 22.3 Å². The van der Waals surface area contributed by atoms with Gasteiger partial charge in [0.2, 0.25) is 17.7 Å². The second-order valence-corrected chi connectivity index (χ2v) is 10.2. The lowest BCUT2D eigenvalue weighted by Gasteiger charge is -2.13. The number of para-hydroxylation sites is 2. The first-order valence-corrected chi connectivity index (χ1v) is 13.3. The van der Waals surface area contributed by atoms with Crippen molar-refractivity contribution in [2.45, 2.75) is 13.5 Å². The molecule has 40 heavy (non-hydrogen) atoms. The van der Waals surface area contributed by atoms with E-state index in [1.165, 1.54) is 16.9 Å². The summed E-state index contributed by atoms with van der Waals surface area (Å²) in [6, 6.07) is 15.3. The van der Waals surface area contributed by atoms with E-state index in [1.807, 2.05) is 24.3 Å². The summed E-state index contributed by atoms with van der Waals surface area (Å²) in [6.07, 6.45) is 1.38. The van der Waals surface area contributed by atoms with E-state index in [0.29, 0.717) is 60.0 Å². The Hall–Kier alpha value is -4.39. The van der Waals surface area contributed by atoms with Gasteiger partial charge in [-0.3, -0.25) is 10.2 Å². The molecule has 3 heterocycles. The van der Waals surface area contributed by atoms with Gasteiger partial charge in [-0.25, -0.2) is 14.1 Å². The van der Waals surface area contributed by atoms with Gasteiger partial charge < -0.3 is 9.84 Å². The van der Waals surface area contributed by atoms with Crippen molar-refractivity contribution < 1.29 is 13.7 Å². The van der Waals surface area contributed by atoms with Crippen molar-refractivity contribution in [3.05, 3.63) is 93.0 Å². The molecule has 0 aliphatic carbocycles. The van der Waals surface area contributed by atoms with E-state index in [0.717, 1.165) is 11.5 Å². The summed E-state index contributed by atoms with van der Waals surface area (Å²) >= 11 is 13.7. The van der Waals surface area contributed by atoms with Crippen molar-refractivity contribution in [3.8, 4) is 22.5 Å². The van der Waals surface area contributed by atoms with E-state index < -0.39 is 11.7 Å². The molecule has 0 fully saturated rings. The number of nitrogens with zero attached hydrogens (tertiary/aromatic N) is 6. The van der Waals surface area contributed by atoms with Crippen LogP contribution in [0.15, 0.2) is 65.3 Å². The lowest BCUT2D eigenvalue weighted by molar-refractivity contribution is 0.101. The highest BCUT2D eigenvalue weighted by Gasteiger charge is 2.20. The number of carbonyl (C=O) groups is 1. The number of aryl methyl sites for hydroxylation is 1. The molecule has 1 amide bonds. The van der Waals surface area contributed by atoms with Crippen molar-refractivity contribution in [2.24, 2.45) is 0 Å². The first-order chi connectivity index (χ1) is 19.4. The molecule has 0 saturated heterocycles. The average molecular weight is 595 g/mol. The molecule has 200 valence electrons. The van der Waals surface area contributed by atoms with Crippen molar-refractivity contribution in [3.63, 3.8) is 0 Å². The van der Waals surface area contributed by atoms with Crippen LogP contribution in [0.4, 0.5) is 10.3 Å². The number of amides is 1. The Bertz CT molecular complexity index is 1870. The van der Waals surface area contributed by atoms with Gasteiger partial charge in [0.1, 0.15) is 10.7 Å². The zero-order chi connectivity index (χ0) is 27.8. The highest BCUT2D eigenvalue weighted by atomic mass is 35.5. The number of hydrogen-bond acceptors (Lipinski definition) is 9. The van der Waals surface area contributed by atoms with Crippen LogP contribution in [0.3, 0.4) is 0 Å². The van der Waals surface area contributed by atoms with Gasteiger partial charge in [-0.2, -0.15) is 4.98 Å². The van der Waals surface area contributed by atoms with Gasteiger partial charge in [0.25, 0.3) is 5.91 Å². The molecule has 0 aliphatic rings. The quantitative estimate of drug-likeness (QED) is 0.219. The normalized spacial score (nSPS) is 11.2. The summed E-state index contributed by atoms with van der Waals surface area (Å²) in [6.45, 7) is 1.75. The predicted octanol–water partition coefficient (Wildman–Crippen LogP) is 6.36. The van der Waals surface area contributed by atoms with E-state index in [9.17, 15) is 4.79 Å². The molecule has 2 N–H and O–H groups in total. The third-order valence-corrected chi connectivity index (χ3v) is 7.15. The minimum atomic E-state index is -0.473. The summed E-state index contributed by atoms with van der Waals surface area (Å²) in [4.78, 5) is 21.9. The smallest absolute Gasteiger partial charge is 0.283 e. The van der Waals surface area contributed by atoms with Gasteiger partial charge in [0, 0.05) is 29.6 Å². The van der Waals surface area contributed by atoms with Crippen LogP contribution < -0.4 is 10.7 Å². The standard InChI is InChI=1S/C26H17Cl2FN8O2S/c1-13-32-24(35-39-13)23-17(9-16(27)10-18(23)28)14-6-7-15(19(29)8-14)11-30-26-33-20-4-2-3-5-21(20)37(26)34-25(38)22-12-31-36-40-22/h2-10,12H,11H2,1H3,(H,30,33)(H,34,38). The summed E-state index contributed by atoms with van der Waals surface area (Å²) in [5.41, 5.74) is 6.03. The Labute approximate surface area is 239 Å². The van der Waals surface area contributed by atoms with E-state index in [1.54, 1.807) is 31.2 Å². The SMILES string of the molecule is Cc1nc(-c2c(Cl)cc(Cl)cc2-c2ccc(CNc3nc4ccccc4n3NC(=O)c3cnns3)c(F)c2)no1. The molecule has 0 atom stereocenters. The van der Waals surface area contributed by atoms with Crippen molar-refractivity contribution in [1.82, 2.24) is 29.4 Å². The molecule has 14 heteroatoms. The second kappa shape index (κ2) is 10.6. The Morgan fingerprint density at radius 3 is 2.73 bits per heavy atom.